The van der Waals surface area contributed by atoms with Crippen molar-refractivity contribution >= 4 is 0 Å². The number of aryl methyl sites for hydroxylation is 1. The molecule has 2 aromatic heterocycles. The van der Waals surface area contributed by atoms with E-state index < -0.39 is 29.8 Å². The van der Waals surface area contributed by atoms with E-state index in [4.69, 9.17) is 14.6 Å². The molecule has 2 aliphatic rings. The monoisotopic (exact) mass is 532 g/mol. The van der Waals surface area contributed by atoms with Crippen LogP contribution in [0.25, 0.3) is 11.1 Å². The van der Waals surface area contributed by atoms with Crippen LogP contribution < -0.4 is 9.47 Å². The quantitative estimate of drug-likeness (QED) is 0.361. The number of aromatic nitrogens is 2. The third kappa shape index (κ3) is 5.47. The molecule has 2 aliphatic carbocycles. The molecule has 3 unspecified atom stereocenters. The molecule has 5 rings (SSSR count). The van der Waals surface area contributed by atoms with Crippen LogP contribution in [0.4, 0.5) is 17.6 Å². The van der Waals surface area contributed by atoms with Crippen molar-refractivity contribution in [3.8, 4) is 22.9 Å². The van der Waals surface area contributed by atoms with Gasteiger partial charge in [-0.3, -0.25) is 0 Å². The van der Waals surface area contributed by atoms with Gasteiger partial charge in [-0.1, -0.05) is 0 Å². The first-order valence-corrected chi connectivity index (χ1v) is 12.4. The fourth-order valence-electron chi connectivity index (χ4n) is 4.91. The summed E-state index contributed by atoms with van der Waals surface area (Å²) in [6, 6.07) is 6.30. The Hall–Kier alpha value is -3.24. The fourth-order valence-corrected chi connectivity index (χ4v) is 4.91. The maximum atomic E-state index is 14.8. The van der Waals surface area contributed by atoms with Crippen molar-refractivity contribution < 1.29 is 37.2 Å². The molecule has 1 aromatic carbocycles. The SMILES string of the molecule is Cc1nc(OCCC(C)(O)CO)ccc1-c1cc(COc2cc3c(cn2)C2CC2C3)c(F)cc1C(F)(F)F. The molecule has 3 atom stereocenters. The molecule has 202 valence electrons. The van der Waals surface area contributed by atoms with Crippen LogP contribution in [-0.2, 0) is 19.2 Å². The Morgan fingerprint density at radius 3 is 2.58 bits per heavy atom. The molecule has 0 radical (unpaired) electrons. The highest BCUT2D eigenvalue weighted by atomic mass is 19.4. The molecule has 3 aromatic rings. The van der Waals surface area contributed by atoms with Crippen LogP contribution in [0.5, 0.6) is 11.8 Å². The van der Waals surface area contributed by atoms with Gasteiger partial charge in [0, 0.05) is 41.6 Å². The van der Waals surface area contributed by atoms with E-state index in [1.54, 1.807) is 6.20 Å². The van der Waals surface area contributed by atoms with Gasteiger partial charge in [-0.25, -0.2) is 14.4 Å². The molecule has 2 heterocycles. The summed E-state index contributed by atoms with van der Waals surface area (Å²) in [5.74, 6) is 0.682. The number of hydrogen-bond acceptors (Lipinski definition) is 6. The van der Waals surface area contributed by atoms with Crippen molar-refractivity contribution in [2.45, 2.75) is 57.4 Å². The van der Waals surface area contributed by atoms with Crippen molar-refractivity contribution in [1.82, 2.24) is 9.97 Å². The molecule has 1 saturated carbocycles. The molecule has 1 fully saturated rings. The Bertz CT molecular complexity index is 1360. The molecule has 0 amide bonds. The van der Waals surface area contributed by atoms with E-state index in [0.717, 1.165) is 18.1 Å². The second kappa shape index (κ2) is 9.81. The van der Waals surface area contributed by atoms with Gasteiger partial charge in [0.25, 0.3) is 0 Å². The Morgan fingerprint density at radius 2 is 1.87 bits per heavy atom. The summed E-state index contributed by atoms with van der Waals surface area (Å²) in [6.07, 6.45) is -0.742. The number of nitrogens with zero attached hydrogens (tertiary/aromatic N) is 2. The third-order valence-electron chi connectivity index (χ3n) is 7.25. The van der Waals surface area contributed by atoms with Crippen LogP contribution >= 0.6 is 0 Å². The summed E-state index contributed by atoms with van der Waals surface area (Å²) >= 11 is 0. The van der Waals surface area contributed by atoms with Crippen molar-refractivity contribution in [2.75, 3.05) is 13.2 Å². The zero-order valence-electron chi connectivity index (χ0n) is 21.0. The Balaban J connectivity index is 1.38. The van der Waals surface area contributed by atoms with E-state index >= 15 is 0 Å². The topological polar surface area (TPSA) is 84.7 Å². The number of ether oxygens (including phenoxy) is 2. The molecular weight excluding hydrogens is 504 g/mol. The second-order valence-electron chi connectivity index (χ2n) is 10.3. The zero-order valence-corrected chi connectivity index (χ0v) is 21.0. The highest BCUT2D eigenvalue weighted by Gasteiger charge is 2.45. The molecular formula is C28H28F4N2O4. The van der Waals surface area contributed by atoms with Gasteiger partial charge in [-0.15, -0.1) is 0 Å². The van der Waals surface area contributed by atoms with Gasteiger partial charge >= 0.3 is 6.18 Å². The van der Waals surface area contributed by atoms with Crippen LogP contribution in [0.3, 0.4) is 0 Å². The van der Waals surface area contributed by atoms with Crippen molar-refractivity contribution in [3.05, 3.63) is 70.3 Å². The Labute approximate surface area is 217 Å². The van der Waals surface area contributed by atoms with Gasteiger partial charge in [-0.05, 0) is 73.4 Å². The number of halogens is 4. The van der Waals surface area contributed by atoms with Gasteiger partial charge < -0.3 is 19.7 Å². The van der Waals surface area contributed by atoms with Crippen LogP contribution in [0.1, 0.15) is 53.6 Å². The van der Waals surface area contributed by atoms with Crippen LogP contribution in [-0.4, -0.2) is 39.0 Å². The van der Waals surface area contributed by atoms with E-state index in [-0.39, 0.29) is 47.9 Å². The summed E-state index contributed by atoms with van der Waals surface area (Å²) in [5, 5.41) is 19.0. The summed E-state index contributed by atoms with van der Waals surface area (Å²) in [5.41, 5.74) is 0.101. The standard InChI is InChI=1S/C28H28F4N2O4/c1-15-19(3-4-25(34-15)37-6-5-27(2,36)14-35)21-9-18(24(29)11-23(21)28(30,31)32)13-38-26-10-17-7-16-8-20(16)22(17)12-33-26/h3-4,9-12,16,20,35-36H,5-8,13-14H2,1-2H3. The van der Waals surface area contributed by atoms with Gasteiger partial charge in [0.15, 0.2) is 0 Å². The van der Waals surface area contributed by atoms with Crippen LogP contribution in [0.15, 0.2) is 36.5 Å². The largest absolute Gasteiger partial charge is 0.478 e. The Kier molecular flexibility index (Phi) is 6.81. The first-order valence-electron chi connectivity index (χ1n) is 12.4. The number of alkyl halides is 3. The molecule has 6 nitrogen and oxygen atoms in total. The van der Waals surface area contributed by atoms with E-state index in [1.165, 1.54) is 38.0 Å². The van der Waals surface area contributed by atoms with E-state index in [9.17, 15) is 22.7 Å². The maximum absolute atomic E-state index is 14.8. The Morgan fingerprint density at radius 1 is 1.08 bits per heavy atom. The van der Waals surface area contributed by atoms with Crippen LogP contribution in [0.2, 0.25) is 0 Å². The number of aliphatic hydroxyl groups excluding tert-OH is 1. The van der Waals surface area contributed by atoms with Crippen molar-refractivity contribution in [3.63, 3.8) is 0 Å². The van der Waals surface area contributed by atoms with Crippen molar-refractivity contribution in [2.24, 2.45) is 5.92 Å². The smallest absolute Gasteiger partial charge is 0.417 e. The lowest BCUT2D eigenvalue weighted by Crippen LogP contribution is -2.31. The lowest BCUT2D eigenvalue weighted by Gasteiger charge is -2.20. The summed E-state index contributed by atoms with van der Waals surface area (Å²) < 4.78 is 67.6. The lowest BCUT2D eigenvalue weighted by molar-refractivity contribution is -0.137. The molecule has 38 heavy (non-hydrogen) atoms. The first kappa shape index (κ1) is 26.4. The summed E-state index contributed by atoms with van der Waals surface area (Å²) in [4.78, 5) is 8.54. The molecule has 0 saturated heterocycles. The molecule has 0 aliphatic heterocycles. The fraction of sp³-hybridized carbons (Fsp3) is 0.429. The van der Waals surface area contributed by atoms with Gasteiger partial charge in [0.2, 0.25) is 11.8 Å². The highest BCUT2D eigenvalue weighted by Crippen LogP contribution is 2.56. The minimum Gasteiger partial charge on any atom is -0.478 e. The number of aliphatic hydroxyl groups is 2. The number of benzene rings is 1. The average Bonchev–Trinajstić information content (AvgIpc) is 3.53. The van der Waals surface area contributed by atoms with E-state index in [2.05, 4.69) is 9.97 Å². The predicted octanol–water partition coefficient (Wildman–Crippen LogP) is 5.36. The number of pyridine rings is 2. The third-order valence-corrected chi connectivity index (χ3v) is 7.25. The number of hydrogen-bond donors (Lipinski definition) is 2. The molecule has 0 bridgehead atoms. The summed E-state index contributed by atoms with van der Waals surface area (Å²) in [6.45, 7) is 2.30. The first-order chi connectivity index (χ1) is 17.9. The van der Waals surface area contributed by atoms with E-state index in [1.807, 2.05) is 6.07 Å². The molecule has 10 heteroatoms. The van der Waals surface area contributed by atoms with E-state index in [0.29, 0.717) is 23.8 Å². The highest BCUT2D eigenvalue weighted by molar-refractivity contribution is 5.71. The minimum atomic E-state index is -4.80. The molecule has 2 N–H and O–H groups in total. The second-order valence-corrected chi connectivity index (χ2v) is 10.3. The summed E-state index contributed by atoms with van der Waals surface area (Å²) in [7, 11) is 0. The zero-order chi connectivity index (χ0) is 27.2. The minimum absolute atomic E-state index is 0.0379. The van der Waals surface area contributed by atoms with Gasteiger partial charge in [0.1, 0.15) is 12.4 Å². The van der Waals surface area contributed by atoms with Gasteiger partial charge in [0.05, 0.1) is 24.4 Å². The lowest BCUT2D eigenvalue weighted by atomic mass is 9.95. The van der Waals surface area contributed by atoms with Gasteiger partial charge in [-0.2, -0.15) is 13.2 Å². The number of rotatable bonds is 9. The normalized spacial score (nSPS) is 19.5. The predicted molar refractivity (Wildman–Crippen MR) is 130 cm³/mol. The average molecular weight is 533 g/mol. The van der Waals surface area contributed by atoms with Crippen molar-refractivity contribution in [1.29, 1.82) is 0 Å². The maximum Gasteiger partial charge on any atom is 0.417 e. The van der Waals surface area contributed by atoms with Crippen LogP contribution in [0, 0.1) is 18.7 Å². The molecule has 0 spiro atoms. The number of fused-ring (bicyclic) bond motifs is 3.